The number of ether oxygens (including phenoxy) is 1. The van der Waals surface area contributed by atoms with Crippen LogP contribution < -0.4 is 10.5 Å². The molecule has 0 aliphatic carbocycles. The molecule has 150 valence electrons. The zero-order valence-electron chi connectivity index (χ0n) is 16.7. The normalized spacial score (nSPS) is 11.5. The zero-order valence-corrected chi connectivity index (χ0v) is 16.7. The Balaban J connectivity index is 1.84. The summed E-state index contributed by atoms with van der Waals surface area (Å²) in [6.45, 7) is 0. The van der Waals surface area contributed by atoms with Gasteiger partial charge in [0.05, 0.1) is 7.11 Å². The van der Waals surface area contributed by atoms with Crippen molar-refractivity contribution in [2.24, 2.45) is 14.1 Å². The lowest BCUT2D eigenvalue weighted by Gasteiger charge is -2.07. The predicted octanol–water partition coefficient (Wildman–Crippen LogP) is 3.92. The lowest BCUT2D eigenvalue weighted by molar-refractivity contribution is 0.415. The molecule has 0 saturated heterocycles. The second-order valence-electron chi connectivity index (χ2n) is 7.22. The molecule has 0 aliphatic rings. The number of nitrogen functional groups attached to an aromatic ring is 1. The Morgan fingerprint density at radius 2 is 1.50 bits per heavy atom. The molecule has 2 aromatic carbocycles. The summed E-state index contributed by atoms with van der Waals surface area (Å²) in [5.41, 5.74) is 10.5. The van der Waals surface area contributed by atoms with Gasteiger partial charge in [0, 0.05) is 59.4 Å². The van der Waals surface area contributed by atoms with Crippen LogP contribution in [0.25, 0.3) is 44.3 Å². The van der Waals surface area contributed by atoms with Crippen LogP contribution in [0.5, 0.6) is 5.75 Å². The number of hydrogen-bond acceptors (Lipinski definition) is 5. The first-order valence-electron chi connectivity index (χ1n) is 9.35. The summed E-state index contributed by atoms with van der Waals surface area (Å²) >= 11 is 0. The average molecular weight is 402 g/mol. The number of benzene rings is 2. The third-order valence-corrected chi connectivity index (χ3v) is 5.36. The van der Waals surface area contributed by atoms with Gasteiger partial charge >= 0.3 is 0 Å². The Labute approximate surface area is 171 Å². The molecule has 0 bridgehead atoms. The molecule has 0 saturated carbocycles. The highest BCUT2D eigenvalue weighted by Crippen LogP contribution is 2.39. The van der Waals surface area contributed by atoms with Crippen LogP contribution in [0.1, 0.15) is 0 Å². The number of nitrogens with zero attached hydrogens (tertiary/aromatic N) is 5. The van der Waals surface area contributed by atoms with Gasteiger partial charge in [-0.15, -0.1) is 10.2 Å². The quantitative estimate of drug-likeness (QED) is 0.495. The van der Waals surface area contributed by atoms with Gasteiger partial charge in [-0.2, -0.15) is 0 Å². The molecule has 7 nitrogen and oxygen atoms in total. The number of aromatic nitrogens is 5. The molecule has 3 aromatic heterocycles. The van der Waals surface area contributed by atoms with Gasteiger partial charge in [0.15, 0.2) is 0 Å². The summed E-state index contributed by atoms with van der Waals surface area (Å²) in [6, 6.07) is 10.5. The minimum absolute atomic E-state index is 0.0695. The van der Waals surface area contributed by atoms with Crippen LogP contribution in [0.3, 0.4) is 0 Å². The smallest absolute Gasteiger partial charge is 0.240 e. The van der Waals surface area contributed by atoms with Gasteiger partial charge in [-0.05, 0) is 36.4 Å². The molecule has 2 N–H and O–H groups in total. The number of nitrogens with two attached hydrogens (primary N) is 1. The van der Waals surface area contributed by atoms with Crippen molar-refractivity contribution in [2.75, 3.05) is 12.8 Å². The summed E-state index contributed by atoms with van der Waals surface area (Å²) in [5.74, 6) is 0.488. The molecule has 0 radical (unpaired) electrons. The van der Waals surface area contributed by atoms with E-state index in [2.05, 4.69) is 15.2 Å². The summed E-state index contributed by atoms with van der Waals surface area (Å²) < 4.78 is 23.4. The predicted molar refractivity (Wildman–Crippen MR) is 115 cm³/mol. The van der Waals surface area contributed by atoms with E-state index in [4.69, 9.17) is 10.5 Å². The summed E-state index contributed by atoms with van der Waals surface area (Å²) in [6.07, 6.45) is 3.88. The van der Waals surface area contributed by atoms with Crippen molar-refractivity contribution in [1.29, 1.82) is 0 Å². The van der Waals surface area contributed by atoms with Gasteiger partial charge in [0.2, 0.25) is 5.95 Å². The first-order valence-corrected chi connectivity index (χ1v) is 9.35. The van der Waals surface area contributed by atoms with Crippen molar-refractivity contribution < 1.29 is 9.13 Å². The molecule has 30 heavy (non-hydrogen) atoms. The van der Waals surface area contributed by atoms with Crippen LogP contribution in [-0.4, -0.2) is 31.4 Å². The van der Waals surface area contributed by atoms with Gasteiger partial charge in [0.1, 0.15) is 23.0 Å². The largest absolute Gasteiger partial charge is 0.497 e. The summed E-state index contributed by atoms with van der Waals surface area (Å²) in [4.78, 5) is 4.52. The van der Waals surface area contributed by atoms with Crippen molar-refractivity contribution >= 4 is 27.8 Å². The molecule has 3 heterocycles. The van der Waals surface area contributed by atoms with Crippen LogP contribution in [0.15, 0.2) is 48.8 Å². The van der Waals surface area contributed by atoms with Crippen molar-refractivity contribution in [3.05, 3.63) is 54.6 Å². The van der Waals surface area contributed by atoms with E-state index in [-0.39, 0.29) is 11.8 Å². The molecule has 5 rings (SSSR count). The van der Waals surface area contributed by atoms with E-state index in [9.17, 15) is 4.39 Å². The molecule has 0 unspecified atom stereocenters. The fourth-order valence-electron chi connectivity index (χ4n) is 3.95. The Hall–Kier alpha value is -3.94. The number of anilines is 1. The monoisotopic (exact) mass is 402 g/mol. The first kappa shape index (κ1) is 18.1. The van der Waals surface area contributed by atoms with Gasteiger partial charge < -0.3 is 19.6 Å². The van der Waals surface area contributed by atoms with Crippen LogP contribution in [0, 0.1) is 5.82 Å². The van der Waals surface area contributed by atoms with E-state index in [1.54, 1.807) is 13.2 Å². The first-order chi connectivity index (χ1) is 14.5. The maximum Gasteiger partial charge on any atom is 0.240 e. The minimum Gasteiger partial charge on any atom is -0.497 e. The molecule has 0 atom stereocenters. The molecular weight excluding hydrogens is 383 g/mol. The lowest BCUT2D eigenvalue weighted by atomic mass is 10.0. The molecule has 0 spiro atoms. The SMILES string of the molecule is COc1ccc2c(c1)c(-c1nc(N)nnc1-c1cn(C)c3ccc(F)cc13)cn2C. The van der Waals surface area contributed by atoms with E-state index in [1.807, 2.05) is 53.8 Å². The van der Waals surface area contributed by atoms with E-state index in [1.165, 1.54) is 12.1 Å². The standard InChI is InChI=1S/C22H19FN6O/c1-28-10-16(15-9-13(30-3)5-7-19(15)28)20-21(26-27-22(24)25-20)17-11-29(2)18-6-4-12(23)8-14(17)18/h4-11H,1-3H3,(H2,24,25,27). The summed E-state index contributed by atoms with van der Waals surface area (Å²) in [7, 11) is 5.50. The molecule has 0 fully saturated rings. The topological polar surface area (TPSA) is 83.8 Å². The Bertz CT molecular complexity index is 1440. The van der Waals surface area contributed by atoms with E-state index in [0.717, 1.165) is 38.7 Å². The van der Waals surface area contributed by atoms with Crippen molar-refractivity contribution in [1.82, 2.24) is 24.3 Å². The van der Waals surface area contributed by atoms with Crippen LogP contribution in [-0.2, 0) is 14.1 Å². The Morgan fingerprint density at radius 1 is 0.867 bits per heavy atom. The number of fused-ring (bicyclic) bond motifs is 2. The van der Waals surface area contributed by atoms with Crippen LogP contribution >= 0.6 is 0 Å². The Kier molecular flexibility index (Phi) is 3.95. The van der Waals surface area contributed by atoms with Crippen molar-refractivity contribution in [3.8, 4) is 28.3 Å². The van der Waals surface area contributed by atoms with E-state index < -0.39 is 0 Å². The maximum absolute atomic E-state index is 14.0. The number of halogens is 1. The third-order valence-electron chi connectivity index (χ3n) is 5.36. The minimum atomic E-state index is -0.317. The molecule has 8 heteroatoms. The number of methoxy groups -OCH3 is 1. The molecule has 5 aromatic rings. The second kappa shape index (κ2) is 6.55. The molecule has 0 aliphatic heterocycles. The summed E-state index contributed by atoms with van der Waals surface area (Å²) in [5, 5.41) is 10.0. The van der Waals surface area contributed by atoms with Crippen molar-refractivity contribution in [2.45, 2.75) is 0 Å². The average Bonchev–Trinajstić information content (AvgIpc) is 3.24. The second-order valence-corrected chi connectivity index (χ2v) is 7.22. The van der Waals surface area contributed by atoms with Crippen molar-refractivity contribution in [3.63, 3.8) is 0 Å². The van der Waals surface area contributed by atoms with E-state index >= 15 is 0 Å². The highest BCUT2D eigenvalue weighted by Gasteiger charge is 2.21. The van der Waals surface area contributed by atoms with Gasteiger partial charge in [-0.3, -0.25) is 0 Å². The van der Waals surface area contributed by atoms with Gasteiger partial charge in [0.25, 0.3) is 0 Å². The fraction of sp³-hybridized carbons (Fsp3) is 0.136. The fourth-order valence-corrected chi connectivity index (χ4v) is 3.95. The number of aryl methyl sites for hydroxylation is 2. The van der Waals surface area contributed by atoms with Crippen LogP contribution in [0.2, 0.25) is 0 Å². The van der Waals surface area contributed by atoms with E-state index in [0.29, 0.717) is 11.4 Å². The lowest BCUT2D eigenvalue weighted by Crippen LogP contribution is -2.02. The third kappa shape index (κ3) is 2.68. The van der Waals surface area contributed by atoms with Gasteiger partial charge in [-0.1, -0.05) is 0 Å². The van der Waals surface area contributed by atoms with Crippen LogP contribution in [0.4, 0.5) is 10.3 Å². The Morgan fingerprint density at radius 3 is 2.20 bits per heavy atom. The van der Waals surface area contributed by atoms with Gasteiger partial charge in [-0.25, -0.2) is 9.37 Å². The number of hydrogen-bond donors (Lipinski definition) is 1. The highest BCUT2D eigenvalue weighted by molar-refractivity contribution is 6.03. The molecule has 0 amide bonds. The highest BCUT2D eigenvalue weighted by atomic mass is 19.1. The number of rotatable bonds is 3. The maximum atomic E-state index is 14.0. The molecular formula is C22H19FN6O. The zero-order chi connectivity index (χ0) is 21.0.